The van der Waals surface area contributed by atoms with E-state index in [4.69, 9.17) is 9.47 Å². The first kappa shape index (κ1) is 22.2. The fourth-order valence-corrected chi connectivity index (χ4v) is 2.45. The van der Waals surface area contributed by atoms with Crippen LogP contribution in [0.4, 0.5) is 11.4 Å². The molecule has 2 aromatic rings. The summed E-state index contributed by atoms with van der Waals surface area (Å²) in [5.74, 6) is 0.759. The van der Waals surface area contributed by atoms with Crippen molar-refractivity contribution < 1.29 is 19.1 Å². The van der Waals surface area contributed by atoms with Crippen LogP contribution in [-0.4, -0.2) is 45.2 Å². The minimum atomic E-state index is -0.194. The van der Waals surface area contributed by atoms with Gasteiger partial charge in [-0.1, -0.05) is 26.0 Å². The number of anilines is 2. The Morgan fingerprint density at radius 3 is 2.45 bits per heavy atom. The molecule has 0 radical (unpaired) electrons. The summed E-state index contributed by atoms with van der Waals surface area (Å²) in [7, 11) is 1.58. The zero-order valence-electron chi connectivity index (χ0n) is 17.2. The fourth-order valence-electron chi connectivity index (χ4n) is 2.45. The van der Waals surface area contributed by atoms with E-state index in [1.807, 2.05) is 24.3 Å². The molecule has 0 saturated heterocycles. The Labute approximate surface area is 171 Å². The van der Waals surface area contributed by atoms with E-state index in [0.717, 1.165) is 11.4 Å². The molecule has 0 atom stereocenters. The van der Waals surface area contributed by atoms with Crippen LogP contribution < -0.4 is 20.7 Å². The molecular weight excluding hydrogens is 370 g/mol. The molecule has 3 N–H and O–H groups in total. The highest BCUT2D eigenvalue weighted by atomic mass is 16.5. The number of nitrogens with one attached hydrogen (secondary N) is 3. The van der Waals surface area contributed by atoms with E-state index in [0.29, 0.717) is 36.9 Å². The molecule has 0 aliphatic carbocycles. The average Bonchev–Trinajstić information content (AvgIpc) is 2.72. The molecule has 156 valence electrons. The molecule has 2 rings (SSSR count). The van der Waals surface area contributed by atoms with Crippen molar-refractivity contribution in [1.82, 2.24) is 5.32 Å². The van der Waals surface area contributed by atoms with Crippen LogP contribution in [0.3, 0.4) is 0 Å². The van der Waals surface area contributed by atoms with Crippen LogP contribution in [0.1, 0.15) is 24.2 Å². The standard InChI is InChI=1S/C22H29N3O4/c1-16(2)15-29-20-7-5-4-6-19(20)24-14-21(26)25-18-10-8-17(9-11-18)22(27)23-12-13-28-3/h4-11,16,24H,12-15H2,1-3H3,(H,23,27)(H,25,26). The summed E-state index contributed by atoms with van der Waals surface area (Å²) in [6.45, 7) is 5.77. The highest BCUT2D eigenvalue weighted by molar-refractivity contribution is 5.96. The number of benzene rings is 2. The summed E-state index contributed by atoms with van der Waals surface area (Å²) in [4.78, 5) is 24.2. The maximum absolute atomic E-state index is 12.2. The van der Waals surface area contributed by atoms with Crippen LogP contribution >= 0.6 is 0 Å². The van der Waals surface area contributed by atoms with Gasteiger partial charge in [-0.05, 0) is 42.3 Å². The van der Waals surface area contributed by atoms with Crippen molar-refractivity contribution in [3.05, 3.63) is 54.1 Å². The summed E-state index contributed by atoms with van der Waals surface area (Å²) in [6, 6.07) is 14.3. The van der Waals surface area contributed by atoms with Gasteiger partial charge in [0, 0.05) is 24.9 Å². The van der Waals surface area contributed by atoms with Crippen molar-refractivity contribution in [2.24, 2.45) is 5.92 Å². The summed E-state index contributed by atoms with van der Waals surface area (Å²) < 4.78 is 10.7. The fraction of sp³-hybridized carbons (Fsp3) is 0.364. The van der Waals surface area contributed by atoms with E-state index in [9.17, 15) is 9.59 Å². The number of carbonyl (C=O) groups excluding carboxylic acids is 2. The zero-order valence-corrected chi connectivity index (χ0v) is 17.2. The molecule has 0 bridgehead atoms. The molecular formula is C22H29N3O4. The molecule has 0 aliphatic rings. The van der Waals surface area contributed by atoms with Crippen LogP contribution in [0.25, 0.3) is 0 Å². The van der Waals surface area contributed by atoms with E-state index in [2.05, 4.69) is 29.8 Å². The number of hydrogen-bond donors (Lipinski definition) is 3. The van der Waals surface area contributed by atoms with Gasteiger partial charge in [0.25, 0.3) is 5.91 Å². The quantitative estimate of drug-likeness (QED) is 0.505. The van der Waals surface area contributed by atoms with E-state index in [1.54, 1.807) is 31.4 Å². The lowest BCUT2D eigenvalue weighted by atomic mass is 10.2. The van der Waals surface area contributed by atoms with E-state index < -0.39 is 0 Å². The van der Waals surface area contributed by atoms with Crippen molar-refractivity contribution in [1.29, 1.82) is 0 Å². The number of para-hydroxylation sites is 2. The van der Waals surface area contributed by atoms with Gasteiger partial charge in [0.05, 0.1) is 25.4 Å². The molecule has 2 aromatic carbocycles. The first-order valence-corrected chi connectivity index (χ1v) is 9.62. The Bertz CT molecular complexity index is 791. The lowest BCUT2D eigenvalue weighted by molar-refractivity contribution is -0.114. The maximum Gasteiger partial charge on any atom is 0.251 e. The second-order valence-corrected chi connectivity index (χ2v) is 6.93. The molecule has 0 spiro atoms. The van der Waals surface area contributed by atoms with Crippen LogP contribution in [-0.2, 0) is 9.53 Å². The van der Waals surface area contributed by atoms with Gasteiger partial charge in [-0.2, -0.15) is 0 Å². The predicted molar refractivity (Wildman–Crippen MR) is 115 cm³/mol. The summed E-state index contributed by atoms with van der Waals surface area (Å²) in [5.41, 5.74) is 1.91. The molecule has 0 unspecified atom stereocenters. The lowest BCUT2D eigenvalue weighted by Gasteiger charge is -2.14. The second kappa shape index (κ2) is 11.7. The highest BCUT2D eigenvalue weighted by Crippen LogP contribution is 2.24. The number of amides is 2. The third-order valence-electron chi connectivity index (χ3n) is 3.92. The van der Waals surface area contributed by atoms with Gasteiger partial charge < -0.3 is 25.4 Å². The normalized spacial score (nSPS) is 10.5. The number of hydrogen-bond acceptors (Lipinski definition) is 5. The van der Waals surface area contributed by atoms with E-state index in [1.165, 1.54) is 0 Å². The molecule has 0 fully saturated rings. The Morgan fingerprint density at radius 1 is 1.03 bits per heavy atom. The first-order chi connectivity index (χ1) is 14.0. The van der Waals surface area contributed by atoms with Gasteiger partial charge in [-0.15, -0.1) is 0 Å². The minimum absolute atomic E-state index is 0.0985. The Morgan fingerprint density at radius 2 is 1.76 bits per heavy atom. The summed E-state index contributed by atoms with van der Waals surface area (Å²) in [5, 5.41) is 8.66. The van der Waals surface area contributed by atoms with E-state index in [-0.39, 0.29) is 18.4 Å². The number of carbonyl (C=O) groups is 2. The van der Waals surface area contributed by atoms with Crippen LogP contribution in [0.2, 0.25) is 0 Å². The van der Waals surface area contributed by atoms with Crippen LogP contribution in [0, 0.1) is 5.92 Å². The molecule has 0 aromatic heterocycles. The van der Waals surface area contributed by atoms with Gasteiger partial charge in [-0.3, -0.25) is 9.59 Å². The Kier molecular flexibility index (Phi) is 8.98. The lowest BCUT2D eigenvalue weighted by Crippen LogP contribution is -2.27. The third-order valence-corrected chi connectivity index (χ3v) is 3.92. The second-order valence-electron chi connectivity index (χ2n) is 6.93. The molecule has 0 heterocycles. The predicted octanol–water partition coefficient (Wildman–Crippen LogP) is 3.15. The van der Waals surface area contributed by atoms with E-state index >= 15 is 0 Å². The minimum Gasteiger partial charge on any atom is -0.491 e. The van der Waals surface area contributed by atoms with Crippen molar-refractivity contribution in [2.75, 3.05) is 44.0 Å². The maximum atomic E-state index is 12.2. The monoisotopic (exact) mass is 399 g/mol. The third kappa shape index (κ3) is 7.83. The van der Waals surface area contributed by atoms with Gasteiger partial charge >= 0.3 is 0 Å². The van der Waals surface area contributed by atoms with Gasteiger partial charge in [0.15, 0.2) is 0 Å². The SMILES string of the molecule is COCCNC(=O)c1ccc(NC(=O)CNc2ccccc2OCC(C)C)cc1. The molecule has 2 amide bonds. The van der Waals surface area contributed by atoms with Crippen molar-refractivity contribution in [3.63, 3.8) is 0 Å². The number of rotatable bonds is 11. The van der Waals surface area contributed by atoms with Crippen LogP contribution in [0.5, 0.6) is 5.75 Å². The largest absolute Gasteiger partial charge is 0.491 e. The van der Waals surface area contributed by atoms with Gasteiger partial charge in [-0.25, -0.2) is 0 Å². The molecule has 29 heavy (non-hydrogen) atoms. The summed E-state index contributed by atoms with van der Waals surface area (Å²) >= 11 is 0. The molecule has 0 aliphatic heterocycles. The van der Waals surface area contributed by atoms with Crippen molar-refractivity contribution in [2.45, 2.75) is 13.8 Å². The van der Waals surface area contributed by atoms with Crippen molar-refractivity contribution in [3.8, 4) is 5.75 Å². The number of ether oxygens (including phenoxy) is 2. The van der Waals surface area contributed by atoms with Crippen LogP contribution in [0.15, 0.2) is 48.5 Å². The molecule has 0 saturated carbocycles. The smallest absolute Gasteiger partial charge is 0.251 e. The highest BCUT2D eigenvalue weighted by Gasteiger charge is 2.08. The molecule has 7 nitrogen and oxygen atoms in total. The Hall–Kier alpha value is -3.06. The van der Waals surface area contributed by atoms with Gasteiger partial charge in [0.1, 0.15) is 5.75 Å². The zero-order chi connectivity index (χ0) is 21.1. The molecule has 7 heteroatoms. The first-order valence-electron chi connectivity index (χ1n) is 9.62. The van der Waals surface area contributed by atoms with Gasteiger partial charge in [0.2, 0.25) is 5.91 Å². The number of methoxy groups -OCH3 is 1. The Balaban J connectivity index is 1.84. The topological polar surface area (TPSA) is 88.7 Å². The summed E-state index contributed by atoms with van der Waals surface area (Å²) in [6.07, 6.45) is 0. The van der Waals surface area contributed by atoms with Crippen molar-refractivity contribution >= 4 is 23.2 Å². The average molecular weight is 399 g/mol.